The highest BCUT2D eigenvalue weighted by molar-refractivity contribution is 8.14. The molecule has 6 nitrogen and oxygen atoms in total. The Balaban J connectivity index is 1.68. The summed E-state index contributed by atoms with van der Waals surface area (Å²) in [7, 11) is 1.90. The summed E-state index contributed by atoms with van der Waals surface area (Å²) in [6, 6.07) is 17.1. The molecule has 1 N–H and O–H groups in total. The highest BCUT2D eigenvalue weighted by atomic mass is 32.2. The van der Waals surface area contributed by atoms with E-state index in [-0.39, 0.29) is 35.9 Å². The van der Waals surface area contributed by atoms with Crippen LogP contribution in [0.1, 0.15) is 10.4 Å². The Labute approximate surface area is 156 Å². The van der Waals surface area contributed by atoms with Crippen molar-refractivity contribution in [3.05, 3.63) is 60.2 Å². The summed E-state index contributed by atoms with van der Waals surface area (Å²) in [6.07, 6.45) is 0. The highest BCUT2D eigenvalue weighted by Gasteiger charge is 2.29. The van der Waals surface area contributed by atoms with E-state index >= 15 is 0 Å². The van der Waals surface area contributed by atoms with Crippen molar-refractivity contribution in [2.45, 2.75) is 0 Å². The molecule has 0 aromatic heterocycles. The molecule has 0 unspecified atom stereocenters. The number of para-hydroxylation sites is 2. The van der Waals surface area contributed by atoms with Crippen molar-refractivity contribution in [2.24, 2.45) is 0 Å². The average molecular weight is 369 g/mol. The number of benzene rings is 2. The van der Waals surface area contributed by atoms with E-state index in [0.717, 1.165) is 23.1 Å². The second-order valence-electron chi connectivity index (χ2n) is 5.77. The molecule has 7 heteroatoms. The van der Waals surface area contributed by atoms with Gasteiger partial charge in [-0.2, -0.15) is 0 Å². The summed E-state index contributed by atoms with van der Waals surface area (Å²) in [5.41, 5.74) is 2.28. The van der Waals surface area contributed by atoms with Crippen LogP contribution in [0.3, 0.4) is 0 Å². The number of carbonyl (C=O) groups excluding carboxylic acids is 3. The number of nitrogens with zero attached hydrogens (tertiary/aromatic N) is 2. The fourth-order valence-corrected chi connectivity index (χ4v) is 3.47. The van der Waals surface area contributed by atoms with E-state index in [1.807, 2.05) is 54.4 Å². The molecule has 1 fully saturated rings. The summed E-state index contributed by atoms with van der Waals surface area (Å²) < 4.78 is 0. The first-order valence-corrected chi connectivity index (χ1v) is 9.19. The van der Waals surface area contributed by atoms with Crippen LogP contribution in [0.2, 0.25) is 0 Å². The maximum absolute atomic E-state index is 12.6. The van der Waals surface area contributed by atoms with Crippen molar-refractivity contribution in [3.63, 3.8) is 0 Å². The van der Waals surface area contributed by atoms with Crippen molar-refractivity contribution in [2.75, 3.05) is 30.8 Å². The predicted molar refractivity (Wildman–Crippen MR) is 103 cm³/mol. The molecule has 3 rings (SSSR count). The quantitative estimate of drug-likeness (QED) is 0.848. The van der Waals surface area contributed by atoms with Crippen molar-refractivity contribution in [1.29, 1.82) is 0 Å². The van der Waals surface area contributed by atoms with E-state index in [1.165, 1.54) is 4.90 Å². The fraction of sp³-hybridized carbons (Fsp3) is 0.211. The van der Waals surface area contributed by atoms with Gasteiger partial charge >= 0.3 is 0 Å². The number of imide groups is 1. The molecule has 2 aromatic carbocycles. The maximum atomic E-state index is 12.6. The first-order valence-electron chi connectivity index (χ1n) is 8.21. The molecule has 1 aliphatic heterocycles. The molecule has 0 radical (unpaired) electrons. The van der Waals surface area contributed by atoms with Crippen molar-refractivity contribution in [3.8, 4) is 0 Å². The van der Waals surface area contributed by atoms with Gasteiger partial charge in [-0.15, -0.1) is 0 Å². The van der Waals surface area contributed by atoms with Crippen LogP contribution in [0, 0.1) is 0 Å². The fourth-order valence-electron chi connectivity index (χ4n) is 2.72. The van der Waals surface area contributed by atoms with Crippen molar-refractivity contribution >= 4 is 40.2 Å². The van der Waals surface area contributed by atoms with Gasteiger partial charge in [-0.25, -0.2) is 0 Å². The Bertz CT molecular complexity index is 810. The third-order valence-corrected chi connectivity index (χ3v) is 4.97. The van der Waals surface area contributed by atoms with E-state index in [1.54, 1.807) is 12.1 Å². The molecule has 2 aromatic rings. The van der Waals surface area contributed by atoms with Gasteiger partial charge in [0.1, 0.15) is 0 Å². The molecular weight excluding hydrogens is 350 g/mol. The Hall–Kier alpha value is -2.80. The Kier molecular flexibility index (Phi) is 5.58. The molecule has 134 valence electrons. The van der Waals surface area contributed by atoms with Crippen molar-refractivity contribution in [1.82, 2.24) is 10.2 Å². The van der Waals surface area contributed by atoms with Crippen LogP contribution in [0.15, 0.2) is 54.6 Å². The number of rotatable bonds is 6. The molecule has 1 aliphatic rings. The molecule has 0 atom stereocenters. The molecular formula is C19H19N3O3S. The van der Waals surface area contributed by atoms with E-state index in [9.17, 15) is 14.4 Å². The summed E-state index contributed by atoms with van der Waals surface area (Å²) in [5, 5.41) is 2.54. The Morgan fingerprint density at radius 2 is 1.81 bits per heavy atom. The van der Waals surface area contributed by atoms with E-state index in [2.05, 4.69) is 5.32 Å². The minimum absolute atomic E-state index is 0.178. The Morgan fingerprint density at radius 1 is 1.12 bits per heavy atom. The van der Waals surface area contributed by atoms with E-state index in [0.29, 0.717) is 5.56 Å². The van der Waals surface area contributed by atoms with Crippen LogP contribution in [0.25, 0.3) is 0 Å². The second-order valence-corrected chi connectivity index (χ2v) is 6.69. The second kappa shape index (κ2) is 8.05. The molecule has 1 saturated heterocycles. The van der Waals surface area contributed by atoms with Gasteiger partial charge in [0.25, 0.3) is 11.1 Å². The number of hydrogen-bond donors (Lipinski definition) is 1. The lowest BCUT2D eigenvalue weighted by Crippen LogP contribution is -2.37. The summed E-state index contributed by atoms with van der Waals surface area (Å²) in [5.74, 6) is -0.272. The van der Waals surface area contributed by atoms with E-state index in [4.69, 9.17) is 0 Å². The zero-order valence-corrected chi connectivity index (χ0v) is 15.2. The highest BCUT2D eigenvalue weighted by Crippen LogP contribution is 2.26. The van der Waals surface area contributed by atoms with Gasteiger partial charge in [0, 0.05) is 25.8 Å². The van der Waals surface area contributed by atoms with E-state index < -0.39 is 0 Å². The average Bonchev–Trinajstić information content (AvgIpc) is 3.00. The number of anilines is 2. The van der Waals surface area contributed by atoms with Crippen molar-refractivity contribution < 1.29 is 14.4 Å². The number of thioether (sulfide) groups is 1. The van der Waals surface area contributed by atoms with Gasteiger partial charge in [-0.05, 0) is 24.3 Å². The number of hydrogen-bond acceptors (Lipinski definition) is 5. The van der Waals surface area contributed by atoms with Gasteiger partial charge in [-0.1, -0.05) is 42.1 Å². The third kappa shape index (κ3) is 3.88. The lowest BCUT2D eigenvalue weighted by Gasteiger charge is -2.22. The smallest absolute Gasteiger partial charge is 0.288 e. The van der Waals surface area contributed by atoms with Gasteiger partial charge in [0.15, 0.2) is 0 Å². The van der Waals surface area contributed by atoms with Crippen LogP contribution >= 0.6 is 11.8 Å². The molecule has 0 aliphatic carbocycles. The van der Waals surface area contributed by atoms with Crippen LogP contribution in [0.4, 0.5) is 16.2 Å². The Morgan fingerprint density at radius 3 is 2.50 bits per heavy atom. The molecule has 26 heavy (non-hydrogen) atoms. The topological polar surface area (TPSA) is 69.7 Å². The molecule has 0 saturated carbocycles. The number of amides is 3. The molecule has 0 spiro atoms. The number of carbonyl (C=O) groups is 3. The normalized spacial score (nSPS) is 13.8. The van der Waals surface area contributed by atoms with Gasteiger partial charge < -0.3 is 10.2 Å². The number of nitrogens with one attached hydrogen (secondary N) is 1. The van der Waals surface area contributed by atoms with Gasteiger partial charge in [-0.3, -0.25) is 19.3 Å². The zero-order valence-electron chi connectivity index (χ0n) is 14.3. The maximum Gasteiger partial charge on any atom is 0.288 e. The third-order valence-electron chi connectivity index (χ3n) is 4.12. The lowest BCUT2D eigenvalue weighted by atomic mass is 10.1. The van der Waals surface area contributed by atoms with Crippen LogP contribution in [-0.4, -0.2) is 47.8 Å². The standard InChI is InChI=1S/C19H19N3O3S/c1-21(14-7-3-2-4-8-14)16-10-6-5-9-15(16)18(24)20-11-12-22-17(23)13-26-19(22)25/h2-10H,11-13H2,1H3,(H,20,24). The summed E-state index contributed by atoms with van der Waals surface area (Å²) in [4.78, 5) is 38.9. The summed E-state index contributed by atoms with van der Waals surface area (Å²) >= 11 is 0.991. The van der Waals surface area contributed by atoms with Gasteiger partial charge in [0.2, 0.25) is 5.91 Å². The first-order chi connectivity index (χ1) is 12.6. The first kappa shape index (κ1) is 18.0. The molecule has 0 bridgehead atoms. The summed E-state index contributed by atoms with van der Waals surface area (Å²) in [6.45, 7) is 0.410. The van der Waals surface area contributed by atoms with Crippen LogP contribution < -0.4 is 10.2 Å². The largest absolute Gasteiger partial charge is 0.350 e. The molecule has 1 heterocycles. The SMILES string of the molecule is CN(c1ccccc1)c1ccccc1C(=O)NCCN1C(=O)CSC1=O. The lowest BCUT2D eigenvalue weighted by molar-refractivity contribution is -0.124. The molecule has 3 amide bonds. The zero-order chi connectivity index (χ0) is 18.5. The monoisotopic (exact) mass is 369 g/mol. The van der Waals surface area contributed by atoms with Gasteiger partial charge in [0.05, 0.1) is 17.0 Å². The minimum atomic E-state index is -0.256. The predicted octanol–water partition coefficient (Wildman–Crippen LogP) is 2.88. The van der Waals surface area contributed by atoms with Crippen LogP contribution in [0.5, 0.6) is 0 Å². The minimum Gasteiger partial charge on any atom is -0.350 e. The van der Waals surface area contributed by atoms with Crippen LogP contribution in [-0.2, 0) is 4.79 Å².